The Balaban J connectivity index is 1.86. The quantitative estimate of drug-likeness (QED) is 0.820. The number of anilines is 1. The van der Waals surface area contributed by atoms with Crippen molar-refractivity contribution in [2.45, 2.75) is 37.8 Å². The van der Waals surface area contributed by atoms with Crippen molar-refractivity contribution in [3.05, 3.63) is 16.5 Å². The summed E-state index contributed by atoms with van der Waals surface area (Å²) < 4.78 is 0.847. The minimum Gasteiger partial charge on any atom is -0.374 e. The molecular formula is C10H15ClN2S. The second-order valence-electron chi connectivity index (χ2n) is 3.86. The minimum absolute atomic E-state index is 0.417. The first-order chi connectivity index (χ1) is 6.74. The summed E-state index contributed by atoms with van der Waals surface area (Å²) in [5.41, 5.74) is 5.85. The molecule has 1 aromatic rings. The number of hydrogen-bond acceptors (Lipinski definition) is 3. The highest BCUT2D eigenvalue weighted by atomic mass is 35.5. The number of halogens is 1. The normalized spacial score (nSPS) is 27.6. The first kappa shape index (κ1) is 10.3. The van der Waals surface area contributed by atoms with E-state index in [9.17, 15) is 0 Å². The molecule has 1 fully saturated rings. The third kappa shape index (κ3) is 2.62. The number of hydrogen-bond donors (Lipinski definition) is 2. The first-order valence-corrected chi connectivity index (χ1v) is 6.21. The van der Waals surface area contributed by atoms with Gasteiger partial charge in [-0.1, -0.05) is 11.6 Å². The van der Waals surface area contributed by atoms with E-state index in [-0.39, 0.29) is 0 Å². The maximum Gasteiger partial charge on any atom is 0.0950 e. The molecule has 0 unspecified atom stereocenters. The summed E-state index contributed by atoms with van der Waals surface area (Å²) in [6.45, 7) is 0. The molecule has 3 N–H and O–H groups in total. The van der Waals surface area contributed by atoms with Gasteiger partial charge in [0.25, 0.3) is 0 Å². The zero-order valence-corrected chi connectivity index (χ0v) is 9.57. The molecule has 0 atom stereocenters. The van der Waals surface area contributed by atoms with E-state index in [2.05, 4.69) is 5.32 Å². The molecule has 1 aromatic heterocycles. The van der Waals surface area contributed by atoms with Gasteiger partial charge in [0.1, 0.15) is 0 Å². The van der Waals surface area contributed by atoms with E-state index >= 15 is 0 Å². The molecule has 1 aliphatic carbocycles. The Hall–Kier alpha value is -0.250. The van der Waals surface area contributed by atoms with Crippen LogP contribution in [0.4, 0.5) is 5.00 Å². The van der Waals surface area contributed by atoms with Crippen molar-refractivity contribution >= 4 is 27.9 Å². The van der Waals surface area contributed by atoms with Crippen molar-refractivity contribution in [3.63, 3.8) is 0 Å². The van der Waals surface area contributed by atoms with Crippen LogP contribution in [0.15, 0.2) is 12.1 Å². The lowest BCUT2D eigenvalue weighted by atomic mass is 9.92. The van der Waals surface area contributed by atoms with Gasteiger partial charge in [-0.2, -0.15) is 0 Å². The second-order valence-corrected chi connectivity index (χ2v) is 5.57. The second kappa shape index (κ2) is 4.51. The van der Waals surface area contributed by atoms with E-state index in [4.69, 9.17) is 17.3 Å². The highest BCUT2D eigenvalue weighted by molar-refractivity contribution is 7.19. The molecule has 0 saturated heterocycles. The molecule has 0 bridgehead atoms. The third-order valence-electron chi connectivity index (χ3n) is 2.69. The highest BCUT2D eigenvalue weighted by Gasteiger charge is 2.18. The molecule has 0 spiro atoms. The average molecular weight is 231 g/mol. The maximum atomic E-state index is 5.86. The van der Waals surface area contributed by atoms with Crippen LogP contribution in [0.25, 0.3) is 0 Å². The summed E-state index contributed by atoms with van der Waals surface area (Å²) in [7, 11) is 0. The number of nitrogens with one attached hydrogen (secondary N) is 1. The van der Waals surface area contributed by atoms with E-state index in [1.807, 2.05) is 12.1 Å². The van der Waals surface area contributed by atoms with E-state index < -0.39 is 0 Å². The fraction of sp³-hybridized carbons (Fsp3) is 0.600. The van der Waals surface area contributed by atoms with Gasteiger partial charge in [-0.3, -0.25) is 0 Å². The molecule has 14 heavy (non-hydrogen) atoms. The van der Waals surface area contributed by atoms with Crippen molar-refractivity contribution < 1.29 is 0 Å². The SMILES string of the molecule is NC1CCC(Nc2ccc(Cl)s2)CC1. The van der Waals surface area contributed by atoms with Gasteiger partial charge in [-0.25, -0.2) is 0 Å². The largest absolute Gasteiger partial charge is 0.374 e. The van der Waals surface area contributed by atoms with Crippen LogP contribution in [-0.2, 0) is 0 Å². The van der Waals surface area contributed by atoms with Crippen LogP contribution in [0.1, 0.15) is 25.7 Å². The number of nitrogens with two attached hydrogens (primary N) is 1. The fourth-order valence-electron chi connectivity index (χ4n) is 1.86. The van der Waals surface area contributed by atoms with Gasteiger partial charge in [0.15, 0.2) is 0 Å². The Morgan fingerprint density at radius 1 is 1.29 bits per heavy atom. The molecule has 0 radical (unpaired) electrons. The van der Waals surface area contributed by atoms with Crippen LogP contribution in [0.3, 0.4) is 0 Å². The van der Waals surface area contributed by atoms with Crippen molar-refractivity contribution in [1.82, 2.24) is 0 Å². The van der Waals surface area contributed by atoms with Gasteiger partial charge in [0, 0.05) is 12.1 Å². The maximum absolute atomic E-state index is 5.86. The minimum atomic E-state index is 0.417. The fourth-order valence-corrected chi connectivity index (χ4v) is 2.88. The average Bonchev–Trinajstić information content (AvgIpc) is 2.56. The van der Waals surface area contributed by atoms with Crippen LogP contribution in [-0.4, -0.2) is 12.1 Å². The zero-order chi connectivity index (χ0) is 9.97. The zero-order valence-electron chi connectivity index (χ0n) is 8.00. The Morgan fingerprint density at radius 2 is 2.00 bits per heavy atom. The van der Waals surface area contributed by atoms with Gasteiger partial charge in [-0.05, 0) is 37.8 Å². The number of thiophene rings is 1. The molecule has 0 amide bonds. The molecule has 4 heteroatoms. The van der Waals surface area contributed by atoms with E-state index in [1.165, 1.54) is 17.8 Å². The van der Waals surface area contributed by atoms with Crippen LogP contribution in [0.2, 0.25) is 4.34 Å². The lowest BCUT2D eigenvalue weighted by Crippen LogP contribution is -2.32. The summed E-state index contributed by atoms with van der Waals surface area (Å²) in [6, 6.07) is 4.98. The Bertz CT molecular complexity index is 292. The molecule has 0 aliphatic heterocycles. The summed E-state index contributed by atoms with van der Waals surface area (Å²) in [5, 5.41) is 4.68. The number of rotatable bonds is 2. The Kier molecular flexibility index (Phi) is 3.31. The van der Waals surface area contributed by atoms with Crippen LogP contribution >= 0.6 is 22.9 Å². The van der Waals surface area contributed by atoms with Gasteiger partial charge >= 0.3 is 0 Å². The molecular weight excluding hydrogens is 216 g/mol. The predicted octanol–water partition coefficient (Wildman–Crippen LogP) is 3.08. The standard InChI is InChI=1S/C10H15ClN2S/c11-9-5-6-10(14-9)13-8-3-1-7(12)2-4-8/h5-8,13H,1-4,12H2. The smallest absolute Gasteiger partial charge is 0.0950 e. The van der Waals surface area contributed by atoms with Crippen LogP contribution < -0.4 is 11.1 Å². The monoisotopic (exact) mass is 230 g/mol. The van der Waals surface area contributed by atoms with E-state index in [1.54, 1.807) is 11.3 Å². The van der Waals surface area contributed by atoms with E-state index in [0.717, 1.165) is 17.2 Å². The summed E-state index contributed by atoms with van der Waals surface area (Å²) in [4.78, 5) is 0. The highest BCUT2D eigenvalue weighted by Crippen LogP contribution is 2.29. The van der Waals surface area contributed by atoms with Crippen molar-refractivity contribution in [2.75, 3.05) is 5.32 Å². The summed E-state index contributed by atoms with van der Waals surface area (Å²) in [6.07, 6.45) is 4.63. The van der Waals surface area contributed by atoms with Gasteiger partial charge in [0.2, 0.25) is 0 Å². The van der Waals surface area contributed by atoms with E-state index in [0.29, 0.717) is 12.1 Å². The molecule has 1 saturated carbocycles. The molecule has 1 aliphatic rings. The topological polar surface area (TPSA) is 38.0 Å². The van der Waals surface area contributed by atoms with Crippen LogP contribution in [0.5, 0.6) is 0 Å². The van der Waals surface area contributed by atoms with Crippen molar-refractivity contribution in [3.8, 4) is 0 Å². The lowest BCUT2D eigenvalue weighted by molar-refractivity contribution is 0.411. The molecule has 2 nitrogen and oxygen atoms in total. The first-order valence-electron chi connectivity index (χ1n) is 5.01. The summed E-state index contributed by atoms with van der Waals surface area (Å²) in [5.74, 6) is 0. The molecule has 1 heterocycles. The predicted molar refractivity (Wildman–Crippen MR) is 63.2 cm³/mol. The lowest BCUT2D eigenvalue weighted by Gasteiger charge is -2.26. The van der Waals surface area contributed by atoms with Gasteiger partial charge in [-0.15, -0.1) is 11.3 Å². The van der Waals surface area contributed by atoms with Gasteiger partial charge in [0.05, 0.1) is 9.34 Å². The molecule has 2 rings (SSSR count). The van der Waals surface area contributed by atoms with Crippen molar-refractivity contribution in [2.24, 2.45) is 5.73 Å². The Morgan fingerprint density at radius 3 is 2.57 bits per heavy atom. The van der Waals surface area contributed by atoms with Gasteiger partial charge < -0.3 is 11.1 Å². The Labute approximate surface area is 93.4 Å². The molecule has 0 aromatic carbocycles. The van der Waals surface area contributed by atoms with Crippen molar-refractivity contribution in [1.29, 1.82) is 0 Å². The van der Waals surface area contributed by atoms with Crippen LogP contribution in [0, 0.1) is 0 Å². The summed E-state index contributed by atoms with van der Waals surface area (Å²) >= 11 is 7.47. The molecule has 78 valence electrons. The third-order valence-corrected chi connectivity index (χ3v) is 3.85.